The van der Waals surface area contributed by atoms with Crippen LogP contribution in [0.4, 0.5) is 0 Å². The van der Waals surface area contributed by atoms with E-state index in [1.54, 1.807) is 13.1 Å². The lowest BCUT2D eigenvalue weighted by Gasteiger charge is -2.30. The molecule has 0 spiro atoms. The van der Waals surface area contributed by atoms with Crippen molar-refractivity contribution < 1.29 is 8.42 Å². The molecule has 0 aromatic heterocycles. The number of rotatable bonds is 8. The van der Waals surface area contributed by atoms with Crippen LogP contribution in [0.5, 0.6) is 0 Å². The number of benzene rings is 1. The molecular weight excluding hydrogens is 499 g/mol. The van der Waals surface area contributed by atoms with Gasteiger partial charge in [-0.1, -0.05) is 19.1 Å². The molecule has 0 radical (unpaired) electrons. The van der Waals surface area contributed by atoms with Crippen LogP contribution in [-0.4, -0.2) is 58.8 Å². The van der Waals surface area contributed by atoms with E-state index in [1.165, 1.54) is 45.2 Å². The Balaban J connectivity index is 0.00000420. The fourth-order valence-electron chi connectivity index (χ4n) is 3.60. The molecule has 1 fully saturated rings. The number of unbranched alkanes of at least 4 members (excludes halogenated alkanes) is 1. The molecule has 1 aliphatic heterocycles. The number of nitrogens with zero attached hydrogens (tertiary/aromatic N) is 2. The van der Waals surface area contributed by atoms with Crippen LogP contribution in [0.3, 0.4) is 0 Å². The SMILES string of the molecule is CN=C(NCCCCN1CCC(C)CC1)NCc1ccc(S(C)(=O)=O)c(C)c1.I. The first-order valence-corrected chi connectivity index (χ1v) is 12.1. The van der Waals surface area contributed by atoms with Gasteiger partial charge in [0.1, 0.15) is 0 Å². The molecule has 1 aliphatic rings. The highest BCUT2D eigenvalue weighted by molar-refractivity contribution is 14.0. The third-order valence-corrected chi connectivity index (χ3v) is 6.65. The summed E-state index contributed by atoms with van der Waals surface area (Å²) in [5, 5.41) is 6.65. The van der Waals surface area contributed by atoms with Crippen molar-refractivity contribution in [2.24, 2.45) is 10.9 Å². The van der Waals surface area contributed by atoms with Gasteiger partial charge in [0.2, 0.25) is 0 Å². The van der Waals surface area contributed by atoms with Crippen molar-refractivity contribution in [3.05, 3.63) is 29.3 Å². The van der Waals surface area contributed by atoms with Crippen LogP contribution in [0.15, 0.2) is 28.1 Å². The Morgan fingerprint density at radius 1 is 1.21 bits per heavy atom. The van der Waals surface area contributed by atoms with E-state index in [4.69, 9.17) is 0 Å². The number of guanidine groups is 1. The first-order valence-electron chi connectivity index (χ1n) is 10.3. The molecule has 0 saturated carbocycles. The summed E-state index contributed by atoms with van der Waals surface area (Å²) in [6.45, 7) is 9.36. The Hall–Kier alpha value is -0.870. The van der Waals surface area contributed by atoms with Crippen molar-refractivity contribution in [3.63, 3.8) is 0 Å². The number of hydrogen-bond donors (Lipinski definition) is 2. The van der Waals surface area contributed by atoms with Crippen LogP contribution in [0.2, 0.25) is 0 Å². The zero-order valence-corrected chi connectivity index (χ0v) is 21.3. The summed E-state index contributed by atoms with van der Waals surface area (Å²) in [5.41, 5.74) is 1.81. The molecular formula is C21H37IN4O2S. The molecule has 0 bridgehead atoms. The molecule has 1 saturated heterocycles. The molecule has 2 rings (SSSR count). The van der Waals surface area contributed by atoms with Crippen LogP contribution in [0, 0.1) is 12.8 Å². The van der Waals surface area contributed by atoms with Crippen molar-refractivity contribution >= 4 is 39.8 Å². The topological polar surface area (TPSA) is 73.8 Å². The molecule has 0 amide bonds. The van der Waals surface area contributed by atoms with Gasteiger partial charge in [-0.25, -0.2) is 8.42 Å². The quantitative estimate of drug-likeness (QED) is 0.231. The minimum Gasteiger partial charge on any atom is -0.356 e. The van der Waals surface area contributed by atoms with E-state index >= 15 is 0 Å². The molecule has 8 heteroatoms. The average molecular weight is 537 g/mol. The molecule has 0 atom stereocenters. The molecule has 1 aromatic carbocycles. The first-order chi connectivity index (χ1) is 13.3. The van der Waals surface area contributed by atoms with Gasteiger partial charge in [-0.2, -0.15) is 0 Å². The number of likely N-dealkylation sites (tertiary alicyclic amines) is 1. The fourth-order valence-corrected chi connectivity index (χ4v) is 4.56. The fraction of sp³-hybridized carbons (Fsp3) is 0.667. The van der Waals surface area contributed by atoms with Crippen LogP contribution >= 0.6 is 24.0 Å². The third-order valence-electron chi connectivity index (χ3n) is 5.39. The maximum atomic E-state index is 11.7. The highest BCUT2D eigenvalue weighted by Gasteiger charge is 2.14. The second-order valence-electron chi connectivity index (χ2n) is 7.96. The summed E-state index contributed by atoms with van der Waals surface area (Å²) in [6.07, 6.45) is 6.23. The zero-order valence-electron chi connectivity index (χ0n) is 18.2. The largest absolute Gasteiger partial charge is 0.356 e. The van der Waals surface area contributed by atoms with Gasteiger partial charge >= 0.3 is 0 Å². The predicted octanol–water partition coefficient (Wildman–Crippen LogP) is 3.19. The summed E-state index contributed by atoms with van der Waals surface area (Å²) in [7, 11) is -1.41. The van der Waals surface area contributed by atoms with E-state index in [-0.39, 0.29) is 24.0 Å². The molecule has 6 nitrogen and oxygen atoms in total. The van der Waals surface area contributed by atoms with E-state index in [2.05, 4.69) is 27.4 Å². The van der Waals surface area contributed by atoms with Crippen molar-refractivity contribution in [1.82, 2.24) is 15.5 Å². The lowest BCUT2D eigenvalue weighted by molar-refractivity contribution is 0.189. The van der Waals surface area contributed by atoms with Crippen molar-refractivity contribution in [2.45, 2.75) is 51.0 Å². The average Bonchev–Trinajstić information content (AvgIpc) is 2.64. The summed E-state index contributed by atoms with van der Waals surface area (Å²) < 4.78 is 23.4. The van der Waals surface area contributed by atoms with E-state index in [0.29, 0.717) is 11.4 Å². The molecule has 166 valence electrons. The van der Waals surface area contributed by atoms with E-state index < -0.39 is 9.84 Å². The summed E-state index contributed by atoms with van der Waals surface area (Å²) in [5.74, 6) is 1.66. The lowest BCUT2D eigenvalue weighted by atomic mass is 9.99. The maximum Gasteiger partial charge on any atom is 0.191 e. The number of sulfone groups is 1. The number of halogens is 1. The Morgan fingerprint density at radius 2 is 1.90 bits per heavy atom. The Labute approximate surface area is 193 Å². The van der Waals surface area contributed by atoms with E-state index in [9.17, 15) is 8.42 Å². The van der Waals surface area contributed by atoms with Crippen LogP contribution < -0.4 is 10.6 Å². The second kappa shape index (κ2) is 12.7. The summed E-state index contributed by atoms with van der Waals surface area (Å²) in [6, 6.07) is 5.44. The summed E-state index contributed by atoms with van der Waals surface area (Å²) in [4.78, 5) is 7.24. The molecule has 0 aliphatic carbocycles. The Bertz CT molecular complexity index is 760. The van der Waals surface area contributed by atoms with Gasteiger partial charge in [0.15, 0.2) is 15.8 Å². The van der Waals surface area contributed by atoms with Crippen LogP contribution in [0.1, 0.15) is 43.7 Å². The van der Waals surface area contributed by atoms with Gasteiger partial charge in [-0.15, -0.1) is 24.0 Å². The molecule has 0 unspecified atom stereocenters. The van der Waals surface area contributed by atoms with Crippen molar-refractivity contribution in [2.75, 3.05) is 39.5 Å². The molecule has 1 heterocycles. The predicted molar refractivity (Wildman–Crippen MR) is 132 cm³/mol. The Kier molecular flexibility index (Phi) is 11.5. The highest BCUT2D eigenvalue weighted by Crippen LogP contribution is 2.17. The van der Waals surface area contributed by atoms with Gasteiger partial charge in [0.05, 0.1) is 4.90 Å². The van der Waals surface area contributed by atoms with Gasteiger partial charge in [-0.3, -0.25) is 4.99 Å². The molecule has 1 aromatic rings. The molecule has 2 N–H and O–H groups in total. The number of piperidine rings is 1. The third kappa shape index (κ3) is 9.21. The van der Waals surface area contributed by atoms with Crippen molar-refractivity contribution in [3.8, 4) is 0 Å². The Morgan fingerprint density at radius 3 is 2.48 bits per heavy atom. The number of nitrogens with one attached hydrogen (secondary N) is 2. The van der Waals surface area contributed by atoms with Crippen LogP contribution in [-0.2, 0) is 16.4 Å². The minimum absolute atomic E-state index is 0. The number of aryl methyl sites for hydroxylation is 1. The first kappa shape index (κ1) is 26.2. The number of hydrogen-bond acceptors (Lipinski definition) is 4. The minimum atomic E-state index is -3.17. The van der Waals surface area contributed by atoms with Gasteiger partial charge in [-0.05, 0) is 75.4 Å². The lowest BCUT2D eigenvalue weighted by Crippen LogP contribution is -2.38. The molecule has 29 heavy (non-hydrogen) atoms. The second-order valence-corrected chi connectivity index (χ2v) is 9.94. The van der Waals surface area contributed by atoms with Gasteiger partial charge < -0.3 is 15.5 Å². The van der Waals surface area contributed by atoms with Crippen LogP contribution in [0.25, 0.3) is 0 Å². The smallest absolute Gasteiger partial charge is 0.191 e. The number of aliphatic imine (C=N–C) groups is 1. The monoisotopic (exact) mass is 536 g/mol. The van der Waals surface area contributed by atoms with Crippen molar-refractivity contribution in [1.29, 1.82) is 0 Å². The zero-order chi connectivity index (χ0) is 20.6. The normalized spacial score (nSPS) is 16.3. The summed E-state index contributed by atoms with van der Waals surface area (Å²) >= 11 is 0. The standard InChI is InChI=1S/C21H36N4O2S.HI/c1-17-9-13-25(14-10-17)12-6-5-11-23-21(22-3)24-16-19-7-8-20(18(2)15-19)28(4,26)27;/h7-8,15,17H,5-6,9-14,16H2,1-4H3,(H2,22,23,24);1H. The van der Waals surface area contributed by atoms with E-state index in [0.717, 1.165) is 36.0 Å². The van der Waals surface area contributed by atoms with Gasteiger partial charge in [0.25, 0.3) is 0 Å². The highest BCUT2D eigenvalue weighted by atomic mass is 127. The maximum absolute atomic E-state index is 11.7. The van der Waals surface area contributed by atoms with E-state index in [1.807, 2.05) is 19.1 Å². The van der Waals surface area contributed by atoms with Gasteiger partial charge in [0, 0.05) is 26.4 Å².